The van der Waals surface area contributed by atoms with Crippen LogP contribution < -0.4 is 16.8 Å². The number of nitrogens with one attached hydrogen (secondary N) is 1. The van der Waals surface area contributed by atoms with Gasteiger partial charge in [0.05, 0.1) is 12.9 Å². The van der Waals surface area contributed by atoms with E-state index in [1.165, 1.54) is 28.3 Å². The molecule has 0 bridgehead atoms. The smallest absolute Gasteiger partial charge is 0.253 e. The molecule has 0 radical (unpaired) electrons. The van der Waals surface area contributed by atoms with E-state index in [2.05, 4.69) is 20.6 Å². The number of nitrogens with zero attached hydrogens (tertiary/aromatic N) is 4. The maximum absolute atomic E-state index is 11.6. The van der Waals surface area contributed by atoms with Crippen LogP contribution in [-0.2, 0) is 6.54 Å². The Balaban J connectivity index is 2.23. The number of hydrogen-bond acceptors (Lipinski definition) is 7. The molecule has 0 aliphatic heterocycles. The summed E-state index contributed by atoms with van der Waals surface area (Å²) in [7, 11) is 0. The van der Waals surface area contributed by atoms with E-state index in [0.29, 0.717) is 22.4 Å². The van der Waals surface area contributed by atoms with Crippen LogP contribution in [0.15, 0.2) is 17.2 Å². The minimum Gasteiger partial charge on any atom is -0.298 e. The van der Waals surface area contributed by atoms with Gasteiger partial charge >= 0.3 is 0 Å². The fourth-order valence-corrected chi connectivity index (χ4v) is 1.81. The highest BCUT2D eigenvalue weighted by Gasteiger charge is 2.05. The van der Waals surface area contributed by atoms with Crippen LogP contribution in [0.4, 0.5) is 5.13 Å². The molecule has 2 aromatic rings. The number of anilines is 1. The molecule has 84 valence electrons. The Morgan fingerprint density at radius 1 is 1.56 bits per heavy atom. The number of aromatic nitrogens is 4. The third-order valence-electron chi connectivity index (χ3n) is 1.91. The minimum absolute atomic E-state index is 0.107. The first-order valence-electron chi connectivity index (χ1n) is 4.51. The Hall–Kier alpha value is -1.80. The summed E-state index contributed by atoms with van der Waals surface area (Å²) in [4.78, 5) is 15.6. The fraction of sp³-hybridized carbons (Fsp3) is 0.250. The largest absolute Gasteiger partial charge is 0.298 e. The summed E-state index contributed by atoms with van der Waals surface area (Å²) in [5, 5.41) is 8.87. The maximum atomic E-state index is 11.6. The van der Waals surface area contributed by atoms with E-state index in [-0.39, 0.29) is 5.56 Å². The summed E-state index contributed by atoms with van der Waals surface area (Å²) >= 11 is 1.29. The van der Waals surface area contributed by atoms with Crippen molar-refractivity contribution in [2.75, 3.05) is 5.43 Å². The molecule has 8 heteroatoms. The van der Waals surface area contributed by atoms with Crippen LogP contribution >= 0.6 is 11.3 Å². The third-order valence-corrected chi connectivity index (χ3v) is 2.75. The zero-order valence-corrected chi connectivity index (χ0v) is 9.36. The third kappa shape index (κ3) is 2.23. The van der Waals surface area contributed by atoms with Gasteiger partial charge in [-0.3, -0.25) is 14.8 Å². The molecule has 0 saturated heterocycles. The number of nitrogen functional groups attached to an aromatic ring is 1. The predicted molar refractivity (Wildman–Crippen MR) is 60.1 cm³/mol. The first kappa shape index (κ1) is 10.7. The van der Waals surface area contributed by atoms with Gasteiger partial charge in [-0.1, -0.05) is 11.3 Å². The van der Waals surface area contributed by atoms with Gasteiger partial charge in [0, 0.05) is 11.8 Å². The summed E-state index contributed by atoms with van der Waals surface area (Å²) < 4.78 is 1.47. The van der Waals surface area contributed by atoms with Crippen LogP contribution in [-0.4, -0.2) is 19.7 Å². The molecule has 0 aliphatic rings. The van der Waals surface area contributed by atoms with Gasteiger partial charge < -0.3 is 0 Å². The van der Waals surface area contributed by atoms with E-state index >= 15 is 0 Å². The lowest BCUT2D eigenvalue weighted by molar-refractivity contribution is 0.718. The summed E-state index contributed by atoms with van der Waals surface area (Å²) in [6, 6.07) is 1.48. The van der Waals surface area contributed by atoms with E-state index in [0.717, 1.165) is 0 Å². The number of aryl methyl sites for hydroxylation is 1. The topological polar surface area (TPSA) is 98.7 Å². The lowest BCUT2D eigenvalue weighted by Gasteiger charge is -2.00. The van der Waals surface area contributed by atoms with Crippen molar-refractivity contribution in [1.82, 2.24) is 19.7 Å². The molecule has 0 fully saturated rings. The zero-order valence-electron chi connectivity index (χ0n) is 8.54. The fourth-order valence-electron chi connectivity index (χ4n) is 1.16. The standard InChI is InChI=1S/C8H10N6OS/c1-5-2-7(15)14(4-10-5)3-6-12-13-8(11-9)16-6/h2,4H,3,9H2,1H3,(H,11,13). The Morgan fingerprint density at radius 2 is 2.38 bits per heavy atom. The predicted octanol–water partition coefficient (Wildman–Crippen LogP) is -0.263. The molecule has 16 heavy (non-hydrogen) atoms. The van der Waals surface area contributed by atoms with Crippen molar-refractivity contribution in [3.63, 3.8) is 0 Å². The SMILES string of the molecule is Cc1cc(=O)n(Cc2nnc(NN)s2)cn1. The van der Waals surface area contributed by atoms with Gasteiger partial charge in [0.1, 0.15) is 5.01 Å². The number of rotatable bonds is 3. The van der Waals surface area contributed by atoms with Crippen LogP contribution in [0.3, 0.4) is 0 Å². The van der Waals surface area contributed by atoms with Gasteiger partial charge in [0.25, 0.3) is 5.56 Å². The highest BCUT2D eigenvalue weighted by atomic mass is 32.1. The van der Waals surface area contributed by atoms with Crippen molar-refractivity contribution >= 4 is 16.5 Å². The zero-order chi connectivity index (χ0) is 11.5. The second kappa shape index (κ2) is 4.37. The molecule has 0 aromatic carbocycles. The van der Waals surface area contributed by atoms with Gasteiger partial charge in [0.2, 0.25) is 5.13 Å². The molecule has 0 saturated carbocycles. The second-order valence-corrected chi connectivity index (χ2v) is 4.20. The molecule has 0 amide bonds. The van der Waals surface area contributed by atoms with Crippen molar-refractivity contribution < 1.29 is 0 Å². The molecule has 3 N–H and O–H groups in total. The van der Waals surface area contributed by atoms with Gasteiger partial charge in [-0.25, -0.2) is 10.8 Å². The van der Waals surface area contributed by atoms with Crippen LogP contribution in [0.1, 0.15) is 10.7 Å². The van der Waals surface area contributed by atoms with Crippen LogP contribution in [0, 0.1) is 6.92 Å². The van der Waals surface area contributed by atoms with Crippen molar-refractivity contribution in [2.24, 2.45) is 5.84 Å². The molecule has 0 aliphatic carbocycles. The van der Waals surface area contributed by atoms with E-state index in [4.69, 9.17) is 5.84 Å². The van der Waals surface area contributed by atoms with Gasteiger partial charge in [0.15, 0.2) is 0 Å². The summed E-state index contributed by atoms with van der Waals surface area (Å²) in [6.07, 6.45) is 1.49. The summed E-state index contributed by atoms with van der Waals surface area (Å²) in [5.74, 6) is 5.18. The molecular formula is C8H10N6OS. The Morgan fingerprint density at radius 3 is 3.00 bits per heavy atom. The number of nitrogens with two attached hydrogens (primary N) is 1. The van der Waals surface area contributed by atoms with Crippen molar-refractivity contribution in [1.29, 1.82) is 0 Å². The normalized spacial score (nSPS) is 10.4. The van der Waals surface area contributed by atoms with E-state index in [1.54, 1.807) is 6.92 Å². The molecule has 2 heterocycles. The molecule has 0 unspecified atom stereocenters. The summed E-state index contributed by atoms with van der Waals surface area (Å²) in [6.45, 7) is 2.12. The van der Waals surface area contributed by atoms with E-state index in [9.17, 15) is 4.79 Å². The van der Waals surface area contributed by atoms with Crippen molar-refractivity contribution in [2.45, 2.75) is 13.5 Å². The molecule has 2 aromatic heterocycles. The van der Waals surface area contributed by atoms with Gasteiger partial charge in [-0.05, 0) is 6.92 Å². The van der Waals surface area contributed by atoms with E-state index in [1.807, 2.05) is 0 Å². The Labute approximate surface area is 94.9 Å². The van der Waals surface area contributed by atoms with E-state index < -0.39 is 0 Å². The minimum atomic E-state index is -0.107. The molecule has 0 atom stereocenters. The van der Waals surface area contributed by atoms with Crippen molar-refractivity contribution in [3.05, 3.63) is 33.4 Å². The van der Waals surface area contributed by atoms with Crippen LogP contribution in [0.2, 0.25) is 0 Å². The lowest BCUT2D eigenvalue weighted by Crippen LogP contribution is -2.20. The maximum Gasteiger partial charge on any atom is 0.253 e. The molecule has 0 spiro atoms. The average molecular weight is 238 g/mol. The quantitative estimate of drug-likeness (QED) is 0.564. The number of hydrazine groups is 1. The molecule has 2 rings (SSSR count). The Bertz CT molecular complexity index is 547. The molecule has 7 nitrogen and oxygen atoms in total. The lowest BCUT2D eigenvalue weighted by atomic mass is 10.4. The van der Waals surface area contributed by atoms with Crippen LogP contribution in [0.5, 0.6) is 0 Å². The van der Waals surface area contributed by atoms with Crippen LogP contribution in [0.25, 0.3) is 0 Å². The first-order chi connectivity index (χ1) is 7.69. The molecular weight excluding hydrogens is 228 g/mol. The highest BCUT2D eigenvalue weighted by molar-refractivity contribution is 7.15. The Kier molecular flexibility index (Phi) is 2.93. The number of hydrogen-bond donors (Lipinski definition) is 2. The monoisotopic (exact) mass is 238 g/mol. The summed E-state index contributed by atoms with van der Waals surface area (Å²) in [5.41, 5.74) is 2.99. The van der Waals surface area contributed by atoms with Crippen molar-refractivity contribution in [3.8, 4) is 0 Å². The first-order valence-corrected chi connectivity index (χ1v) is 5.33. The van der Waals surface area contributed by atoms with Gasteiger partial charge in [-0.2, -0.15) is 0 Å². The highest BCUT2D eigenvalue weighted by Crippen LogP contribution is 2.13. The second-order valence-electron chi connectivity index (χ2n) is 3.14. The average Bonchev–Trinajstić information content (AvgIpc) is 2.70. The van der Waals surface area contributed by atoms with Gasteiger partial charge in [-0.15, -0.1) is 10.2 Å².